The third-order valence-electron chi connectivity index (χ3n) is 6.42. The number of aliphatic hydroxyl groups excluding tert-OH is 2. The lowest BCUT2D eigenvalue weighted by atomic mass is 10.0. The second kappa shape index (κ2) is 9.84. The van der Waals surface area contributed by atoms with Crippen molar-refractivity contribution >= 4 is 22.8 Å². The number of amides is 1. The molecule has 1 amide bonds. The van der Waals surface area contributed by atoms with Gasteiger partial charge in [-0.25, -0.2) is 9.78 Å². The molecule has 5 rings (SSSR count). The van der Waals surface area contributed by atoms with Crippen molar-refractivity contribution in [2.75, 3.05) is 25.4 Å². The summed E-state index contributed by atoms with van der Waals surface area (Å²) in [6, 6.07) is 17.9. The monoisotopic (exact) mass is 489 g/mol. The van der Waals surface area contributed by atoms with E-state index < -0.39 is 18.6 Å². The molecule has 2 atom stereocenters. The maximum absolute atomic E-state index is 13.8. The van der Waals surface area contributed by atoms with E-state index in [0.29, 0.717) is 47.6 Å². The second-order valence-electron chi connectivity index (χ2n) is 8.74. The van der Waals surface area contributed by atoms with Crippen LogP contribution in [0.4, 0.5) is 5.82 Å². The fraction of sp³-hybridized carbons (Fsp3) is 0.269. The normalized spacial score (nSPS) is 16.7. The molecular weight excluding hydrogens is 462 g/mol. The molecule has 1 aliphatic heterocycles. The number of para-hydroxylation sites is 1. The molecule has 1 aliphatic rings. The molecule has 4 N–H and O–H groups in total. The van der Waals surface area contributed by atoms with Crippen LogP contribution in [0.15, 0.2) is 71.7 Å². The van der Waals surface area contributed by atoms with Gasteiger partial charge < -0.3 is 25.6 Å². The van der Waals surface area contributed by atoms with Crippen molar-refractivity contribution in [3.63, 3.8) is 0 Å². The average molecular weight is 490 g/mol. The summed E-state index contributed by atoms with van der Waals surface area (Å²) in [6.45, 7) is 0.0405. The Morgan fingerprint density at radius 1 is 1.11 bits per heavy atom. The summed E-state index contributed by atoms with van der Waals surface area (Å²) in [6.07, 6.45) is 1.40. The fourth-order valence-corrected chi connectivity index (χ4v) is 4.72. The number of piperidine rings is 1. The second-order valence-corrected chi connectivity index (χ2v) is 8.74. The van der Waals surface area contributed by atoms with E-state index in [1.54, 1.807) is 41.1 Å². The van der Waals surface area contributed by atoms with Crippen molar-refractivity contribution in [3.8, 4) is 17.2 Å². The predicted molar refractivity (Wildman–Crippen MR) is 134 cm³/mol. The molecule has 10 nitrogen and oxygen atoms in total. The number of carbonyl (C=O) groups is 1. The SMILES string of the molecule is Nc1nccc2c1n(-c1ccc(Oc3ccccc3)cc1)c(=O)n2[C@@H]1CCCN(C(=O)[C@H](O)CO)C1. The Labute approximate surface area is 206 Å². The number of imidazole rings is 1. The molecule has 36 heavy (non-hydrogen) atoms. The minimum absolute atomic E-state index is 0.215. The van der Waals surface area contributed by atoms with Crippen LogP contribution < -0.4 is 16.2 Å². The molecule has 0 saturated carbocycles. The zero-order valence-electron chi connectivity index (χ0n) is 19.5. The van der Waals surface area contributed by atoms with Crippen LogP contribution in [0.1, 0.15) is 18.9 Å². The summed E-state index contributed by atoms with van der Waals surface area (Å²) >= 11 is 0. The molecule has 4 aromatic rings. The number of hydrogen-bond acceptors (Lipinski definition) is 7. The number of ether oxygens (including phenoxy) is 1. The van der Waals surface area contributed by atoms with E-state index in [1.165, 1.54) is 9.47 Å². The van der Waals surface area contributed by atoms with E-state index in [9.17, 15) is 19.8 Å². The number of likely N-dealkylation sites (tertiary alicyclic amines) is 1. The highest BCUT2D eigenvalue weighted by atomic mass is 16.5. The highest BCUT2D eigenvalue weighted by Gasteiger charge is 2.31. The molecule has 0 spiro atoms. The first-order valence-electron chi connectivity index (χ1n) is 11.8. The minimum Gasteiger partial charge on any atom is -0.457 e. The first-order valence-corrected chi connectivity index (χ1v) is 11.8. The van der Waals surface area contributed by atoms with Crippen LogP contribution in [0.25, 0.3) is 16.7 Å². The van der Waals surface area contributed by atoms with Crippen molar-refractivity contribution in [1.82, 2.24) is 19.0 Å². The minimum atomic E-state index is -1.47. The largest absolute Gasteiger partial charge is 0.457 e. The van der Waals surface area contributed by atoms with E-state index in [0.717, 1.165) is 0 Å². The lowest BCUT2D eigenvalue weighted by Gasteiger charge is -2.34. The van der Waals surface area contributed by atoms with E-state index in [-0.39, 0.29) is 24.1 Å². The first kappa shape index (κ1) is 23.6. The molecule has 0 bridgehead atoms. The van der Waals surface area contributed by atoms with E-state index in [1.807, 2.05) is 30.3 Å². The predicted octanol–water partition coefficient (Wildman–Crippen LogP) is 2.08. The van der Waals surface area contributed by atoms with Crippen molar-refractivity contribution in [2.45, 2.75) is 25.0 Å². The maximum Gasteiger partial charge on any atom is 0.334 e. The number of hydrogen-bond donors (Lipinski definition) is 3. The lowest BCUT2D eigenvalue weighted by Crippen LogP contribution is -2.47. The van der Waals surface area contributed by atoms with Gasteiger partial charge in [0.2, 0.25) is 0 Å². The average Bonchev–Trinajstić information content (AvgIpc) is 3.22. The molecule has 2 aromatic carbocycles. The summed E-state index contributed by atoms with van der Waals surface area (Å²) in [4.78, 5) is 32.0. The van der Waals surface area contributed by atoms with Gasteiger partial charge in [-0.05, 0) is 55.3 Å². The number of carbonyl (C=O) groups excluding carboxylic acids is 1. The van der Waals surface area contributed by atoms with Gasteiger partial charge in [-0.1, -0.05) is 18.2 Å². The maximum atomic E-state index is 13.8. The standard InChI is InChI=1S/C26H27N5O5/c27-24-23-21(12-13-28-24)30(18-5-4-14-29(15-18)25(34)22(33)16-32)26(35)31(23)17-8-10-20(11-9-17)36-19-6-2-1-3-7-19/h1-3,6-13,18,22,32-33H,4-5,14-16H2,(H2,27,28)/t18-,22-/m1/s1. The van der Waals surface area contributed by atoms with Crippen molar-refractivity contribution in [2.24, 2.45) is 0 Å². The molecule has 0 unspecified atom stereocenters. The highest BCUT2D eigenvalue weighted by Crippen LogP contribution is 2.29. The number of fused-ring (bicyclic) bond motifs is 1. The quantitative estimate of drug-likeness (QED) is 0.377. The van der Waals surface area contributed by atoms with E-state index in [2.05, 4.69) is 4.98 Å². The number of aromatic nitrogens is 3. The summed E-state index contributed by atoms with van der Waals surface area (Å²) in [5.41, 5.74) is 7.63. The molecule has 0 aliphatic carbocycles. The number of benzene rings is 2. The fourth-order valence-electron chi connectivity index (χ4n) is 4.72. The molecule has 1 saturated heterocycles. The number of nitrogens with zero attached hydrogens (tertiary/aromatic N) is 4. The Kier molecular flexibility index (Phi) is 6.45. The summed E-state index contributed by atoms with van der Waals surface area (Å²) in [7, 11) is 0. The van der Waals surface area contributed by atoms with Gasteiger partial charge in [0, 0.05) is 19.3 Å². The van der Waals surface area contributed by atoms with Crippen LogP contribution in [0, 0.1) is 0 Å². The Hall–Kier alpha value is -4.15. The lowest BCUT2D eigenvalue weighted by molar-refractivity contribution is -0.143. The van der Waals surface area contributed by atoms with Crippen LogP contribution in [0.5, 0.6) is 11.5 Å². The number of anilines is 1. The summed E-state index contributed by atoms with van der Waals surface area (Å²) in [5.74, 6) is 0.994. The number of nitrogens with two attached hydrogens (primary N) is 1. The van der Waals surface area contributed by atoms with E-state index in [4.69, 9.17) is 10.5 Å². The summed E-state index contributed by atoms with van der Waals surface area (Å²) < 4.78 is 9.03. The van der Waals surface area contributed by atoms with Gasteiger partial charge in [-0.15, -0.1) is 0 Å². The van der Waals surface area contributed by atoms with Crippen LogP contribution in [0.2, 0.25) is 0 Å². The van der Waals surface area contributed by atoms with Gasteiger partial charge in [0.15, 0.2) is 6.10 Å². The smallest absolute Gasteiger partial charge is 0.334 e. The van der Waals surface area contributed by atoms with Gasteiger partial charge in [0.1, 0.15) is 22.8 Å². The van der Waals surface area contributed by atoms with Crippen LogP contribution in [0.3, 0.4) is 0 Å². The number of aliphatic hydroxyl groups is 2. The third kappa shape index (κ3) is 4.32. The molecule has 2 aromatic heterocycles. The molecule has 0 radical (unpaired) electrons. The number of nitrogen functional groups attached to an aromatic ring is 1. The molecule has 186 valence electrons. The molecule has 1 fully saturated rings. The van der Waals surface area contributed by atoms with Crippen molar-refractivity contribution < 1.29 is 19.7 Å². The van der Waals surface area contributed by atoms with Gasteiger partial charge in [-0.3, -0.25) is 13.9 Å². The topological polar surface area (TPSA) is 136 Å². The zero-order chi connectivity index (χ0) is 25.2. The van der Waals surface area contributed by atoms with Crippen molar-refractivity contribution in [1.29, 1.82) is 0 Å². The third-order valence-corrected chi connectivity index (χ3v) is 6.42. The zero-order valence-corrected chi connectivity index (χ0v) is 19.5. The van der Waals surface area contributed by atoms with Crippen LogP contribution in [-0.2, 0) is 4.79 Å². The summed E-state index contributed by atoms with van der Waals surface area (Å²) in [5, 5.41) is 19.0. The van der Waals surface area contributed by atoms with Crippen LogP contribution in [-0.4, -0.2) is 60.9 Å². The van der Waals surface area contributed by atoms with Gasteiger partial charge in [0.25, 0.3) is 5.91 Å². The molecular formula is C26H27N5O5. The van der Waals surface area contributed by atoms with Crippen LogP contribution >= 0.6 is 0 Å². The van der Waals surface area contributed by atoms with E-state index >= 15 is 0 Å². The number of pyridine rings is 1. The Bertz CT molecular complexity index is 1430. The van der Waals surface area contributed by atoms with Gasteiger partial charge >= 0.3 is 5.69 Å². The van der Waals surface area contributed by atoms with Crippen molar-refractivity contribution in [3.05, 3.63) is 77.3 Å². The Morgan fingerprint density at radius 3 is 2.56 bits per heavy atom. The Morgan fingerprint density at radius 2 is 1.83 bits per heavy atom. The number of rotatable bonds is 6. The van der Waals surface area contributed by atoms with Gasteiger partial charge in [-0.2, -0.15) is 0 Å². The molecule has 3 heterocycles. The Balaban J connectivity index is 1.53. The highest BCUT2D eigenvalue weighted by molar-refractivity contribution is 5.87. The van der Waals surface area contributed by atoms with Gasteiger partial charge in [0.05, 0.1) is 23.9 Å². The first-order chi connectivity index (χ1) is 17.5. The molecule has 10 heteroatoms.